The molecule has 4 rings (SSSR count). The fourth-order valence-electron chi connectivity index (χ4n) is 9.82. The molecule has 4 aliphatic carbocycles. The molecule has 0 amide bonds. The van der Waals surface area contributed by atoms with Gasteiger partial charge >= 0.3 is 0 Å². The molecule has 174 valence electrons. The molecule has 1 nitrogen and oxygen atoms in total. The second-order valence-electron chi connectivity index (χ2n) is 13.3. The summed E-state index contributed by atoms with van der Waals surface area (Å²) >= 11 is 0. The Hall–Kier alpha value is -0.0400. The van der Waals surface area contributed by atoms with Crippen molar-refractivity contribution in [3.05, 3.63) is 0 Å². The number of aliphatic hydroxyl groups excluding tert-OH is 1. The van der Waals surface area contributed by atoms with Crippen LogP contribution in [0.5, 0.6) is 0 Å². The number of aliphatic hydroxyl groups is 1. The van der Waals surface area contributed by atoms with Crippen LogP contribution in [0.3, 0.4) is 0 Å². The standard InChI is InChI=1S/C29H52O/c1-20(2)7-6-8-21(3)25-11-12-26-24-10-9-23-19-22(15-18-30)13-16-28(23,4)27(24)14-17-29(25,26)5/h20-27,30H,6-19H2,1-5H3/t21-,22?,23?,24+,25-,26+,27+,28+,29-/m1/s1. The Morgan fingerprint density at radius 2 is 1.57 bits per heavy atom. The quantitative estimate of drug-likeness (QED) is 0.444. The summed E-state index contributed by atoms with van der Waals surface area (Å²) in [6.45, 7) is 13.2. The number of fused-ring (bicyclic) bond motifs is 5. The van der Waals surface area contributed by atoms with Crippen molar-refractivity contribution in [2.75, 3.05) is 6.61 Å². The molecule has 0 bridgehead atoms. The summed E-state index contributed by atoms with van der Waals surface area (Å²) in [6, 6.07) is 0. The first-order chi connectivity index (χ1) is 14.3. The molecule has 0 aromatic rings. The predicted octanol–water partition coefficient (Wildman–Crippen LogP) is 8.11. The molecule has 30 heavy (non-hydrogen) atoms. The molecule has 0 aromatic heterocycles. The van der Waals surface area contributed by atoms with Crippen molar-refractivity contribution in [2.45, 2.75) is 118 Å². The van der Waals surface area contributed by atoms with Gasteiger partial charge in [-0.3, -0.25) is 0 Å². The molecule has 4 fully saturated rings. The lowest BCUT2D eigenvalue weighted by Crippen LogP contribution is -2.53. The first-order valence-corrected chi connectivity index (χ1v) is 13.9. The zero-order chi connectivity index (χ0) is 21.5. The van der Waals surface area contributed by atoms with Gasteiger partial charge in [-0.05, 0) is 122 Å². The number of rotatable bonds is 7. The van der Waals surface area contributed by atoms with Gasteiger partial charge < -0.3 is 5.11 Å². The molecular formula is C29H52O. The van der Waals surface area contributed by atoms with Crippen LogP contribution in [0.4, 0.5) is 0 Å². The molecule has 0 spiro atoms. The maximum absolute atomic E-state index is 9.45. The lowest BCUT2D eigenvalue weighted by atomic mass is 9.44. The molecule has 4 saturated carbocycles. The average molecular weight is 417 g/mol. The van der Waals surface area contributed by atoms with Crippen LogP contribution < -0.4 is 0 Å². The zero-order valence-electron chi connectivity index (χ0n) is 21.0. The van der Waals surface area contributed by atoms with Crippen molar-refractivity contribution in [3.8, 4) is 0 Å². The van der Waals surface area contributed by atoms with Crippen LogP contribution in [0.15, 0.2) is 0 Å². The molecule has 0 heterocycles. The first kappa shape index (κ1) is 23.1. The molecule has 2 unspecified atom stereocenters. The molecule has 0 aliphatic heterocycles. The Balaban J connectivity index is 1.43. The minimum absolute atomic E-state index is 0.400. The van der Waals surface area contributed by atoms with Crippen LogP contribution in [0, 0.1) is 58.2 Å². The summed E-state index contributed by atoms with van der Waals surface area (Å²) in [5.41, 5.74) is 1.24. The summed E-state index contributed by atoms with van der Waals surface area (Å²) in [7, 11) is 0. The van der Waals surface area contributed by atoms with Crippen molar-refractivity contribution < 1.29 is 5.11 Å². The van der Waals surface area contributed by atoms with Gasteiger partial charge in [-0.2, -0.15) is 0 Å². The van der Waals surface area contributed by atoms with Gasteiger partial charge in [0.2, 0.25) is 0 Å². The highest BCUT2D eigenvalue weighted by molar-refractivity contribution is 5.09. The summed E-state index contributed by atoms with van der Waals surface area (Å²) in [5.74, 6) is 7.57. The van der Waals surface area contributed by atoms with E-state index in [9.17, 15) is 5.11 Å². The molecule has 1 heteroatoms. The second kappa shape index (κ2) is 9.07. The fourth-order valence-corrected chi connectivity index (χ4v) is 9.82. The highest BCUT2D eigenvalue weighted by atomic mass is 16.3. The minimum atomic E-state index is 0.400. The van der Waals surface area contributed by atoms with Gasteiger partial charge in [-0.1, -0.05) is 53.9 Å². The fraction of sp³-hybridized carbons (Fsp3) is 1.00. The third-order valence-electron chi connectivity index (χ3n) is 11.5. The SMILES string of the molecule is CC(C)CCC[C@@H](C)[C@H]1CC[C@H]2[C@@H]3CCC4CC(CCO)CC[C@]4(C)[C@H]3CC[C@]12C. The molecule has 0 aromatic carbocycles. The van der Waals surface area contributed by atoms with E-state index in [4.69, 9.17) is 0 Å². The largest absolute Gasteiger partial charge is 0.396 e. The van der Waals surface area contributed by atoms with Gasteiger partial charge in [0, 0.05) is 6.61 Å². The minimum Gasteiger partial charge on any atom is -0.396 e. The monoisotopic (exact) mass is 416 g/mol. The summed E-state index contributed by atoms with van der Waals surface area (Å²) in [5, 5.41) is 9.45. The van der Waals surface area contributed by atoms with Gasteiger partial charge in [0.15, 0.2) is 0 Å². The maximum atomic E-state index is 9.45. The van der Waals surface area contributed by atoms with E-state index in [1.54, 1.807) is 0 Å². The van der Waals surface area contributed by atoms with Gasteiger partial charge in [-0.25, -0.2) is 0 Å². The normalized spacial score (nSPS) is 46.9. The van der Waals surface area contributed by atoms with Gasteiger partial charge in [0.1, 0.15) is 0 Å². The van der Waals surface area contributed by atoms with E-state index in [1.807, 2.05) is 0 Å². The summed E-state index contributed by atoms with van der Waals surface area (Å²) < 4.78 is 0. The van der Waals surface area contributed by atoms with E-state index >= 15 is 0 Å². The van der Waals surface area contributed by atoms with Crippen LogP contribution >= 0.6 is 0 Å². The molecule has 4 aliphatic rings. The number of hydrogen-bond acceptors (Lipinski definition) is 1. The lowest BCUT2D eigenvalue weighted by Gasteiger charge is -2.61. The van der Waals surface area contributed by atoms with Crippen LogP contribution in [0.25, 0.3) is 0 Å². The van der Waals surface area contributed by atoms with E-state index in [0.29, 0.717) is 17.4 Å². The lowest BCUT2D eigenvalue weighted by molar-refractivity contribution is -0.122. The average Bonchev–Trinajstić information content (AvgIpc) is 3.05. The van der Waals surface area contributed by atoms with E-state index in [1.165, 1.54) is 77.0 Å². The van der Waals surface area contributed by atoms with E-state index in [2.05, 4.69) is 34.6 Å². The highest BCUT2D eigenvalue weighted by Crippen LogP contribution is 2.68. The van der Waals surface area contributed by atoms with Crippen LogP contribution in [-0.4, -0.2) is 11.7 Å². The summed E-state index contributed by atoms with van der Waals surface area (Å²) in [4.78, 5) is 0. The van der Waals surface area contributed by atoms with E-state index in [0.717, 1.165) is 53.8 Å². The van der Waals surface area contributed by atoms with Crippen LogP contribution in [0.1, 0.15) is 118 Å². The topological polar surface area (TPSA) is 20.2 Å². The Kier molecular flexibility index (Phi) is 6.99. The molecule has 9 atom stereocenters. The highest BCUT2D eigenvalue weighted by Gasteiger charge is 2.60. The smallest absolute Gasteiger partial charge is 0.0433 e. The van der Waals surface area contributed by atoms with Crippen molar-refractivity contribution in [1.29, 1.82) is 0 Å². The zero-order valence-corrected chi connectivity index (χ0v) is 21.0. The molecular weight excluding hydrogens is 364 g/mol. The van der Waals surface area contributed by atoms with Crippen LogP contribution in [-0.2, 0) is 0 Å². The molecule has 0 saturated heterocycles. The first-order valence-electron chi connectivity index (χ1n) is 13.9. The maximum Gasteiger partial charge on any atom is 0.0433 e. The van der Waals surface area contributed by atoms with Crippen LogP contribution in [0.2, 0.25) is 0 Å². The van der Waals surface area contributed by atoms with Gasteiger partial charge in [0.05, 0.1) is 0 Å². The van der Waals surface area contributed by atoms with Gasteiger partial charge in [0.25, 0.3) is 0 Å². The third kappa shape index (κ3) is 4.04. The second-order valence-corrected chi connectivity index (χ2v) is 13.3. The molecule has 1 N–H and O–H groups in total. The van der Waals surface area contributed by atoms with E-state index in [-0.39, 0.29) is 0 Å². The Bertz CT molecular complexity index is 569. The Morgan fingerprint density at radius 1 is 0.833 bits per heavy atom. The van der Waals surface area contributed by atoms with Crippen molar-refractivity contribution in [2.24, 2.45) is 58.2 Å². The van der Waals surface area contributed by atoms with Crippen molar-refractivity contribution in [3.63, 3.8) is 0 Å². The summed E-state index contributed by atoms with van der Waals surface area (Å²) in [6.07, 6.45) is 18.7. The van der Waals surface area contributed by atoms with Crippen molar-refractivity contribution >= 4 is 0 Å². The predicted molar refractivity (Wildman–Crippen MR) is 128 cm³/mol. The van der Waals surface area contributed by atoms with Crippen molar-refractivity contribution in [1.82, 2.24) is 0 Å². The molecule has 0 radical (unpaired) electrons. The van der Waals surface area contributed by atoms with Gasteiger partial charge in [-0.15, -0.1) is 0 Å². The Labute approximate surface area is 188 Å². The van der Waals surface area contributed by atoms with E-state index < -0.39 is 0 Å². The number of hydrogen-bond donors (Lipinski definition) is 1. The Morgan fingerprint density at radius 3 is 2.30 bits per heavy atom. The third-order valence-corrected chi connectivity index (χ3v) is 11.5.